The first-order chi connectivity index (χ1) is 8.95. The number of imide groups is 1. The maximum absolute atomic E-state index is 12.1. The van der Waals surface area contributed by atoms with Gasteiger partial charge in [-0.05, 0) is 18.2 Å². The molecule has 1 heterocycles. The summed E-state index contributed by atoms with van der Waals surface area (Å²) in [5.74, 6) is -0.0358. The molecule has 2 atom stereocenters. The average Bonchev–Trinajstić information content (AvgIpc) is 2.57. The Kier molecular flexibility index (Phi) is 3.94. The van der Waals surface area contributed by atoms with E-state index in [1.165, 1.54) is 4.90 Å². The van der Waals surface area contributed by atoms with E-state index in [0.717, 1.165) is 10.0 Å². The Morgan fingerprint density at radius 1 is 1.21 bits per heavy atom. The van der Waals surface area contributed by atoms with Gasteiger partial charge in [-0.15, -0.1) is 0 Å². The van der Waals surface area contributed by atoms with Crippen LogP contribution in [-0.4, -0.2) is 23.8 Å². The van der Waals surface area contributed by atoms with Crippen LogP contribution in [0.1, 0.15) is 19.4 Å². The minimum atomic E-state index is -0.245. The summed E-state index contributed by atoms with van der Waals surface area (Å²) in [6.45, 7) is 3.85. The van der Waals surface area contributed by atoms with Crippen molar-refractivity contribution in [3.8, 4) is 5.75 Å². The number of methoxy groups -OCH3 is 1. The average molecular weight is 326 g/mol. The number of carbonyl (C=O) groups is 2. The molecule has 2 amide bonds. The summed E-state index contributed by atoms with van der Waals surface area (Å²) in [5.41, 5.74) is 0.819. The molecule has 4 nitrogen and oxygen atoms in total. The molecule has 1 aromatic carbocycles. The van der Waals surface area contributed by atoms with Crippen LogP contribution in [0.4, 0.5) is 0 Å². The highest BCUT2D eigenvalue weighted by Crippen LogP contribution is 2.30. The number of nitrogens with zero attached hydrogens (tertiary/aromatic N) is 1. The van der Waals surface area contributed by atoms with Gasteiger partial charge in [-0.3, -0.25) is 14.5 Å². The summed E-state index contributed by atoms with van der Waals surface area (Å²) in [6.07, 6.45) is 0. The van der Waals surface area contributed by atoms with Gasteiger partial charge in [0.1, 0.15) is 5.75 Å². The van der Waals surface area contributed by atoms with E-state index in [4.69, 9.17) is 4.74 Å². The zero-order valence-corrected chi connectivity index (χ0v) is 12.7. The van der Waals surface area contributed by atoms with Gasteiger partial charge in [-0.25, -0.2) is 0 Å². The van der Waals surface area contributed by atoms with E-state index in [0.29, 0.717) is 5.75 Å². The van der Waals surface area contributed by atoms with Crippen LogP contribution in [0.15, 0.2) is 22.7 Å². The summed E-state index contributed by atoms with van der Waals surface area (Å²) in [6, 6.07) is 5.55. The van der Waals surface area contributed by atoms with Crippen LogP contribution in [0.25, 0.3) is 0 Å². The Labute approximate surface area is 120 Å². The molecular formula is C14H16BrNO3. The molecular weight excluding hydrogens is 310 g/mol. The second kappa shape index (κ2) is 5.33. The Morgan fingerprint density at radius 2 is 1.79 bits per heavy atom. The van der Waals surface area contributed by atoms with E-state index < -0.39 is 0 Å². The van der Waals surface area contributed by atoms with E-state index in [1.807, 2.05) is 18.2 Å². The number of amides is 2. The fourth-order valence-corrected chi connectivity index (χ4v) is 2.63. The smallest absolute Gasteiger partial charge is 0.233 e. The summed E-state index contributed by atoms with van der Waals surface area (Å²) in [4.78, 5) is 25.5. The SMILES string of the molecule is COc1ccc(Br)cc1CN1C(=O)C(C)C(C)C1=O. The number of rotatable bonds is 3. The number of benzene rings is 1. The third-order valence-electron chi connectivity index (χ3n) is 3.63. The second-order valence-corrected chi connectivity index (χ2v) is 5.71. The number of carbonyl (C=O) groups excluding carboxylic acids is 2. The molecule has 19 heavy (non-hydrogen) atoms. The number of halogens is 1. The molecule has 0 radical (unpaired) electrons. The van der Waals surface area contributed by atoms with Gasteiger partial charge in [-0.1, -0.05) is 29.8 Å². The first kappa shape index (κ1) is 14.1. The topological polar surface area (TPSA) is 46.6 Å². The van der Waals surface area contributed by atoms with Crippen LogP contribution in [0.5, 0.6) is 5.75 Å². The van der Waals surface area contributed by atoms with Gasteiger partial charge in [0.2, 0.25) is 11.8 Å². The number of hydrogen-bond donors (Lipinski definition) is 0. The zero-order valence-electron chi connectivity index (χ0n) is 11.1. The normalized spacial score (nSPS) is 23.1. The monoisotopic (exact) mass is 325 g/mol. The van der Waals surface area contributed by atoms with Crippen molar-refractivity contribution in [3.05, 3.63) is 28.2 Å². The number of hydrogen-bond acceptors (Lipinski definition) is 3. The molecule has 0 aliphatic carbocycles. The zero-order chi connectivity index (χ0) is 14.2. The fraction of sp³-hybridized carbons (Fsp3) is 0.429. The molecule has 1 saturated heterocycles. The molecule has 2 rings (SSSR count). The van der Waals surface area contributed by atoms with Crippen LogP contribution in [0.3, 0.4) is 0 Å². The van der Waals surface area contributed by atoms with E-state index in [-0.39, 0.29) is 30.2 Å². The molecule has 102 valence electrons. The molecule has 0 aromatic heterocycles. The van der Waals surface area contributed by atoms with Crippen molar-refractivity contribution >= 4 is 27.7 Å². The molecule has 1 fully saturated rings. The van der Waals surface area contributed by atoms with E-state index >= 15 is 0 Å². The lowest BCUT2D eigenvalue weighted by Crippen LogP contribution is -2.30. The van der Waals surface area contributed by atoms with Gasteiger partial charge in [0.15, 0.2) is 0 Å². The van der Waals surface area contributed by atoms with Crippen molar-refractivity contribution in [3.63, 3.8) is 0 Å². The summed E-state index contributed by atoms with van der Waals surface area (Å²) >= 11 is 3.38. The van der Waals surface area contributed by atoms with Crippen LogP contribution < -0.4 is 4.74 Å². The van der Waals surface area contributed by atoms with Crippen LogP contribution in [0, 0.1) is 11.8 Å². The highest BCUT2D eigenvalue weighted by atomic mass is 79.9. The molecule has 0 saturated carbocycles. The fourth-order valence-electron chi connectivity index (χ4n) is 2.22. The van der Waals surface area contributed by atoms with E-state index in [9.17, 15) is 9.59 Å². The predicted octanol–water partition coefficient (Wildman–Crippen LogP) is 2.60. The molecule has 1 aliphatic heterocycles. The molecule has 0 N–H and O–H groups in total. The second-order valence-electron chi connectivity index (χ2n) is 4.80. The number of likely N-dealkylation sites (tertiary alicyclic amines) is 1. The highest BCUT2D eigenvalue weighted by Gasteiger charge is 2.42. The quantitative estimate of drug-likeness (QED) is 0.802. The van der Waals surface area contributed by atoms with Crippen molar-refractivity contribution in [1.29, 1.82) is 0 Å². The largest absolute Gasteiger partial charge is 0.496 e. The first-order valence-corrected chi connectivity index (χ1v) is 6.92. The Bertz CT molecular complexity index is 509. The van der Waals surface area contributed by atoms with Crippen molar-refractivity contribution in [2.24, 2.45) is 11.8 Å². The molecule has 5 heteroatoms. The van der Waals surface area contributed by atoms with Gasteiger partial charge in [0, 0.05) is 21.9 Å². The third-order valence-corrected chi connectivity index (χ3v) is 4.13. The molecule has 2 unspecified atom stereocenters. The molecule has 1 aliphatic rings. The van der Waals surface area contributed by atoms with Crippen LogP contribution >= 0.6 is 15.9 Å². The Hall–Kier alpha value is -1.36. The maximum atomic E-state index is 12.1. The minimum Gasteiger partial charge on any atom is -0.496 e. The standard InChI is InChI=1S/C14H16BrNO3/c1-8-9(2)14(18)16(13(8)17)7-10-6-11(15)4-5-12(10)19-3/h4-6,8-9H,7H2,1-3H3. The van der Waals surface area contributed by atoms with Gasteiger partial charge in [0.05, 0.1) is 13.7 Å². The Balaban J connectivity index is 2.29. The highest BCUT2D eigenvalue weighted by molar-refractivity contribution is 9.10. The van der Waals surface area contributed by atoms with Gasteiger partial charge in [0.25, 0.3) is 0 Å². The summed E-state index contributed by atoms with van der Waals surface area (Å²) in [5, 5.41) is 0. The maximum Gasteiger partial charge on any atom is 0.233 e. The van der Waals surface area contributed by atoms with Crippen molar-refractivity contribution in [1.82, 2.24) is 4.90 Å². The van der Waals surface area contributed by atoms with Crippen molar-refractivity contribution in [2.75, 3.05) is 7.11 Å². The van der Waals surface area contributed by atoms with Crippen molar-refractivity contribution < 1.29 is 14.3 Å². The van der Waals surface area contributed by atoms with Crippen molar-refractivity contribution in [2.45, 2.75) is 20.4 Å². The predicted molar refractivity (Wildman–Crippen MR) is 74.6 cm³/mol. The minimum absolute atomic E-state index is 0.112. The molecule has 0 bridgehead atoms. The molecule has 0 spiro atoms. The lowest BCUT2D eigenvalue weighted by atomic mass is 10.00. The van der Waals surface area contributed by atoms with Crippen LogP contribution in [0.2, 0.25) is 0 Å². The summed E-state index contributed by atoms with van der Waals surface area (Å²) < 4.78 is 6.16. The van der Waals surface area contributed by atoms with Gasteiger partial charge in [-0.2, -0.15) is 0 Å². The molecule has 1 aromatic rings. The van der Waals surface area contributed by atoms with Gasteiger partial charge < -0.3 is 4.74 Å². The lowest BCUT2D eigenvalue weighted by Gasteiger charge is -2.17. The lowest BCUT2D eigenvalue weighted by molar-refractivity contribution is -0.140. The van der Waals surface area contributed by atoms with E-state index in [2.05, 4.69) is 15.9 Å². The number of ether oxygens (including phenoxy) is 1. The van der Waals surface area contributed by atoms with E-state index in [1.54, 1.807) is 21.0 Å². The summed E-state index contributed by atoms with van der Waals surface area (Å²) in [7, 11) is 1.58. The van der Waals surface area contributed by atoms with Crippen LogP contribution in [-0.2, 0) is 16.1 Å². The third kappa shape index (κ3) is 2.52. The van der Waals surface area contributed by atoms with Gasteiger partial charge >= 0.3 is 0 Å². The Morgan fingerprint density at radius 3 is 2.32 bits per heavy atom. The first-order valence-electron chi connectivity index (χ1n) is 6.13.